The first-order chi connectivity index (χ1) is 9.72. The second-order valence-corrected chi connectivity index (χ2v) is 6.65. The zero-order valence-corrected chi connectivity index (χ0v) is 13.0. The Kier molecular flexibility index (Phi) is 3.82. The summed E-state index contributed by atoms with van der Waals surface area (Å²) in [6.07, 6.45) is 0. The second kappa shape index (κ2) is 5.29. The Labute approximate surface area is 124 Å². The Morgan fingerprint density at radius 2 is 1.76 bits per heavy atom. The summed E-state index contributed by atoms with van der Waals surface area (Å²) in [5, 5.41) is 9.42. The summed E-state index contributed by atoms with van der Waals surface area (Å²) in [5.74, 6) is -0.00735. The molecule has 2 rings (SSSR count). The van der Waals surface area contributed by atoms with Gasteiger partial charge in [0, 0.05) is 11.8 Å². The lowest BCUT2D eigenvalue weighted by atomic mass is 10.1. The fourth-order valence-electron chi connectivity index (χ4n) is 2.37. The van der Waals surface area contributed by atoms with Gasteiger partial charge < -0.3 is 10.8 Å². The van der Waals surface area contributed by atoms with Crippen LogP contribution in [0.5, 0.6) is 5.75 Å². The molecule has 0 saturated heterocycles. The molecule has 21 heavy (non-hydrogen) atoms. The molecule has 0 amide bonds. The van der Waals surface area contributed by atoms with Gasteiger partial charge in [0.2, 0.25) is 0 Å². The topological polar surface area (TPSA) is 92.4 Å². The minimum atomic E-state index is -3.77. The molecule has 2 aromatic carbocycles. The minimum Gasteiger partial charge on any atom is -0.508 e. The molecule has 0 aromatic heterocycles. The second-order valence-electron chi connectivity index (χ2n) is 5.03. The van der Waals surface area contributed by atoms with E-state index in [1.807, 2.05) is 6.92 Å². The third-order valence-electron chi connectivity index (χ3n) is 3.33. The van der Waals surface area contributed by atoms with Crippen LogP contribution in [0, 0.1) is 20.8 Å². The van der Waals surface area contributed by atoms with Crippen LogP contribution in [-0.2, 0) is 10.0 Å². The van der Waals surface area contributed by atoms with Crippen LogP contribution >= 0.6 is 0 Å². The average Bonchev–Trinajstić information content (AvgIpc) is 2.35. The Bertz CT molecular complexity index is 799. The van der Waals surface area contributed by atoms with Crippen molar-refractivity contribution in [2.75, 3.05) is 10.5 Å². The van der Waals surface area contributed by atoms with E-state index in [0.29, 0.717) is 22.5 Å². The van der Waals surface area contributed by atoms with Gasteiger partial charge in [0.25, 0.3) is 10.0 Å². The molecule has 2 aromatic rings. The molecule has 0 aliphatic rings. The Morgan fingerprint density at radius 3 is 2.38 bits per heavy atom. The van der Waals surface area contributed by atoms with Gasteiger partial charge in [-0.3, -0.25) is 4.72 Å². The van der Waals surface area contributed by atoms with Gasteiger partial charge in [-0.2, -0.15) is 0 Å². The van der Waals surface area contributed by atoms with Crippen molar-refractivity contribution in [3.8, 4) is 5.75 Å². The van der Waals surface area contributed by atoms with Crippen LogP contribution in [0.2, 0.25) is 0 Å². The molecule has 0 unspecified atom stereocenters. The van der Waals surface area contributed by atoms with Crippen molar-refractivity contribution >= 4 is 21.4 Å². The highest BCUT2D eigenvalue weighted by Gasteiger charge is 2.22. The molecule has 5 nitrogen and oxygen atoms in total. The van der Waals surface area contributed by atoms with E-state index in [0.717, 1.165) is 5.56 Å². The highest BCUT2D eigenvalue weighted by Crippen LogP contribution is 2.29. The van der Waals surface area contributed by atoms with E-state index in [1.165, 1.54) is 12.1 Å². The van der Waals surface area contributed by atoms with E-state index in [-0.39, 0.29) is 10.6 Å². The maximum atomic E-state index is 12.6. The molecule has 0 radical (unpaired) electrons. The quantitative estimate of drug-likeness (QED) is 0.760. The highest BCUT2D eigenvalue weighted by atomic mass is 32.2. The number of aryl methyl sites for hydroxylation is 2. The van der Waals surface area contributed by atoms with Crippen molar-refractivity contribution in [1.82, 2.24) is 0 Å². The molecule has 0 aliphatic heterocycles. The fourth-order valence-corrected chi connectivity index (χ4v) is 3.91. The molecule has 0 bridgehead atoms. The maximum Gasteiger partial charge on any atom is 0.262 e. The third kappa shape index (κ3) is 2.95. The summed E-state index contributed by atoms with van der Waals surface area (Å²) in [5.41, 5.74) is 8.71. The molecule has 4 N–H and O–H groups in total. The number of nitrogens with two attached hydrogens (primary N) is 1. The third-order valence-corrected chi connectivity index (χ3v) is 5.00. The maximum absolute atomic E-state index is 12.6. The van der Waals surface area contributed by atoms with Gasteiger partial charge in [0.05, 0.1) is 10.6 Å². The van der Waals surface area contributed by atoms with Gasteiger partial charge >= 0.3 is 0 Å². The van der Waals surface area contributed by atoms with E-state index < -0.39 is 10.0 Å². The van der Waals surface area contributed by atoms with Crippen LogP contribution in [0.3, 0.4) is 0 Å². The summed E-state index contributed by atoms with van der Waals surface area (Å²) >= 11 is 0. The predicted octanol–water partition coefficient (Wildman–Crippen LogP) is 2.70. The molecule has 0 atom stereocenters. The summed E-state index contributed by atoms with van der Waals surface area (Å²) in [7, 11) is -3.77. The zero-order chi connectivity index (χ0) is 15.8. The van der Waals surface area contributed by atoms with Crippen molar-refractivity contribution < 1.29 is 13.5 Å². The summed E-state index contributed by atoms with van der Waals surface area (Å²) in [6.45, 7) is 5.26. The van der Waals surface area contributed by atoms with E-state index in [2.05, 4.69) is 4.72 Å². The number of phenols is 1. The van der Waals surface area contributed by atoms with Gasteiger partial charge in [-0.25, -0.2) is 8.42 Å². The van der Waals surface area contributed by atoms with Gasteiger partial charge in [-0.15, -0.1) is 0 Å². The normalized spacial score (nSPS) is 11.4. The number of nitrogen functional groups attached to an aromatic ring is 1. The Hall–Kier alpha value is -2.21. The first-order valence-electron chi connectivity index (χ1n) is 6.40. The molecule has 0 heterocycles. The first kappa shape index (κ1) is 15.2. The molecular formula is C15H18N2O3S. The fraction of sp³-hybridized carbons (Fsp3) is 0.200. The predicted molar refractivity (Wildman–Crippen MR) is 84.0 cm³/mol. The van der Waals surface area contributed by atoms with Gasteiger partial charge in [0.1, 0.15) is 5.75 Å². The van der Waals surface area contributed by atoms with Crippen molar-refractivity contribution in [2.45, 2.75) is 25.7 Å². The highest BCUT2D eigenvalue weighted by molar-refractivity contribution is 7.92. The van der Waals surface area contributed by atoms with Crippen LogP contribution in [-0.4, -0.2) is 13.5 Å². The van der Waals surface area contributed by atoms with Gasteiger partial charge in [-0.05, 0) is 49.6 Å². The lowest BCUT2D eigenvalue weighted by Gasteiger charge is -2.16. The zero-order valence-electron chi connectivity index (χ0n) is 12.1. The Morgan fingerprint density at radius 1 is 1.10 bits per heavy atom. The molecule has 0 spiro atoms. The number of nitrogens with one attached hydrogen (secondary N) is 1. The van der Waals surface area contributed by atoms with Crippen molar-refractivity contribution in [1.29, 1.82) is 0 Å². The van der Waals surface area contributed by atoms with E-state index >= 15 is 0 Å². The number of aromatic hydroxyl groups is 1. The van der Waals surface area contributed by atoms with E-state index in [9.17, 15) is 13.5 Å². The largest absolute Gasteiger partial charge is 0.508 e. The number of rotatable bonds is 3. The van der Waals surface area contributed by atoms with Gasteiger partial charge in [0.15, 0.2) is 0 Å². The molecule has 112 valence electrons. The van der Waals surface area contributed by atoms with Crippen LogP contribution in [0.15, 0.2) is 35.2 Å². The van der Waals surface area contributed by atoms with E-state index in [4.69, 9.17) is 5.73 Å². The van der Waals surface area contributed by atoms with Crippen molar-refractivity contribution in [3.63, 3.8) is 0 Å². The molecule has 0 saturated carbocycles. The monoisotopic (exact) mass is 306 g/mol. The smallest absolute Gasteiger partial charge is 0.262 e. The standard InChI is InChI=1S/C15H18N2O3S/c1-9-7-10(2)15(11(3)14(9)16)21(19,20)17-12-5-4-6-13(18)8-12/h4-8,17-18H,16H2,1-3H3. The molecule has 6 heteroatoms. The van der Waals surface area contributed by atoms with Crippen molar-refractivity contribution in [2.24, 2.45) is 0 Å². The molecular weight excluding hydrogens is 288 g/mol. The molecule has 0 fully saturated rings. The Balaban J connectivity index is 2.53. The molecule has 0 aliphatic carbocycles. The first-order valence-corrected chi connectivity index (χ1v) is 7.89. The number of hydrogen-bond donors (Lipinski definition) is 3. The summed E-state index contributed by atoms with van der Waals surface area (Å²) in [6, 6.07) is 7.70. The number of hydrogen-bond acceptors (Lipinski definition) is 4. The number of benzene rings is 2. The van der Waals surface area contributed by atoms with Crippen LogP contribution in [0.4, 0.5) is 11.4 Å². The minimum absolute atomic E-state index is 0.00735. The lowest BCUT2D eigenvalue weighted by Crippen LogP contribution is -2.17. The summed E-state index contributed by atoms with van der Waals surface area (Å²) < 4.78 is 27.6. The number of anilines is 2. The van der Waals surface area contributed by atoms with Crippen LogP contribution in [0.25, 0.3) is 0 Å². The van der Waals surface area contributed by atoms with Crippen molar-refractivity contribution in [3.05, 3.63) is 47.0 Å². The van der Waals surface area contributed by atoms with Crippen LogP contribution < -0.4 is 10.5 Å². The summed E-state index contributed by atoms with van der Waals surface area (Å²) in [4.78, 5) is 0.175. The number of phenolic OH excluding ortho intramolecular Hbond substituents is 1. The number of sulfonamides is 1. The van der Waals surface area contributed by atoms with Crippen LogP contribution in [0.1, 0.15) is 16.7 Å². The average molecular weight is 306 g/mol. The van der Waals surface area contributed by atoms with E-state index in [1.54, 1.807) is 32.0 Å². The lowest BCUT2D eigenvalue weighted by molar-refractivity contribution is 0.475. The SMILES string of the molecule is Cc1cc(C)c(S(=O)(=O)Nc2cccc(O)c2)c(C)c1N. The van der Waals surface area contributed by atoms with Gasteiger partial charge in [-0.1, -0.05) is 12.1 Å².